The number of alkyl halides is 3. The first-order valence-electron chi connectivity index (χ1n) is 8.28. The van der Waals surface area contributed by atoms with E-state index in [-0.39, 0.29) is 22.6 Å². The van der Waals surface area contributed by atoms with Crippen LogP contribution in [0.3, 0.4) is 0 Å². The van der Waals surface area contributed by atoms with E-state index in [2.05, 4.69) is 0 Å². The SMILES string of the molecule is O=C1c2ccccc2C(=O)N1c1ccc(Oc2ccccc2)c(C(F)(F)F)c1. The predicted molar refractivity (Wildman–Crippen MR) is 95.5 cm³/mol. The van der Waals surface area contributed by atoms with Crippen molar-refractivity contribution in [3.05, 3.63) is 89.5 Å². The first kappa shape index (κ1) is 17.8. The number of carbonyl (C=O) groups is 2. The number of carbonyl (C=O) groups excluding carboxylic acids is 2. The van der Waals surface area contributed by atoms with E-state index < -0.39 is 29.3 Å². The fourth-order valence-corrected chi connectivity index (χ4v) is 3.01. The summed E-state index contributed by atoms with van der Waals surface area (Å²) in [4.78, 5) is 25.8. The zero-order valence-electron chi connectivity index (χ0n) is 14.2. The van der Waals surface area contributed by atoms with Crippen LogP contribution in [-0.2, 0) is 6.18 Å². The molecule has 1 aliphatic rings. The normalized spacial score (nSPS) is 13.6. The van der Waals surface area contributed by atoms with Gasteiger partial charge in [-0.3, -0.25) is 9.59 Å². The van der Waals surface area contributed by atoms with Crippen LogP contribution >= 0.6 is 0 Å². The second kappa shape index (κ2) is 6.53. The molecule has 1 heterocycles. The molecule has 1 aliphatic heterocycles. The van der Waals surface area contributed by atoms with E-state index in [0.29, 0.717) is 0 Å². The van der Waals surface area contributed by atoms with E-state index in [1.165, 1.54) is 30.3 Å². The average molecular weight is 383 g/mol. The Balaban J connectivity index is 1.76. The van der Waals surface area contributed by atoms with Crippen molar-refractivity contribution in [2.45, 2.75) is 6.18 Å². The van der Waals surface area contributed by atoms with E-state index in [0.717, 1.165) is 17.0 Å². The molecule has 2 amide bonds. The number of hydrogen-bond acceptors (Lipinski definition) is 3. The van der Waals surface area contributed by atoms with Gasteiger partial charge in [0, 0.05) is 0 Å². The summed E-state index contributed by atoms with van der Waals surface area (Å²) in [5.74, 6) is -1.50. The van der Waals surface area contributed by atoms with Gasteiger partial charge in [0.1, 0.15) is 17.1 Å². The first-order valence-corrected chi connectivity index (χ1v) is 8.28. The highest BCUT2D eigenvalue weighted by molar-refractivity contribution is 6.34. The van der Waals surface area contributed by atoms with Gasteiger partial charge in [0.15, 0.2) is 0 Å². The summed E-state index contributed by atoms with van der Waals surface area (Å²) in [5.41, 5.74) is -0.930. The summed E-state index contributed by atoms with van der Waals surface area (Å²) in [6.45, 7) is 0. The van der Waals surface area contributed by atoms with Crippen LogP contribution in [0.2, 0.25) is 0 Å². The van der Waals surface area contributed by atoms with Crippen molar-refractivity contribution in [1.29, 1.82) is 0 Å². The van der Waals surface area contributed by atoms with Gasteiger partial charge in [0.2, 0.25) is 0 Å². The van der Waals surface area contributed by atoms with Crippen LogP contribution in [0, 0.1) is 0 Å². The summed E-state index contributed by atoms with van der Waals surface area (Å²) >= 11 is 0. The minimum Gasteiger partial charge on any atom is -0.457 e. The van der Waals surface area contributed by atoms with Crippen LogP contribution in [-0.4, -0.2) is 11.8 Å². The quantitative estimate of drug-likeness (QED) is 0.577. The zero-order valence-corrected chi connectivity index (χ0v) is 14.2. The zero-order chi connectivity index (χ0) is 19.9. The molecular formula is C21H12F3NO3. The average Bonchev–Trinajstić information content (AvgIpc) is 2.93. The lowest BCUT2D eigenvalue weighted by Crippen LogP contribution is -2.29. The highest BCUT2D eigenvalue weighted by Gasteiger charge is 2.39. The third-order valence-corrected chi connectivity index (χ3v) is 4.29. The number of imide groups is 1. The van der Waals surface area contributed by atoms with E-state index in [4.69, 9.17) is 4.74 Å². The molecule has 7 heteroatoms. The fraction of sp³-hybridized carbons (Fsp3) is 0.0476. The van der Waals surface area contributed by atoms with Gasteiger partial charge >= 0.3 is 6.18 Å². The number of rotatable bonds is 3. The monoisotopic (exact) mass is 383 g/mol. The summed E-state index contributed by atoms with van der Waals surface area (Å²) in [5, 5.41) is 0. The van der Waals surface area contributed by atoms with Gasteiger partial charge in [-0.05, 0) is 42.5 Å². The van der Waals surface area contributed by atoms with Crippen molar-refractivity contribution < 1.29 is 27.5 Å². The molecule has 3 aromatic rings. The maximum atomic E-state index is 13.6. The molecule has 0 saturated carbocycles. The van der Waals surface area contributed by atoms with Gasteiger partial charge in [0.05, 0.1) is 16.8 Å². The number of benzene rings is 3. The van der Waals surface area contributed by atoms with Gasteiger partial charge in [-0.2, -0.15) is 13.2 Å². The topological polar surface area (TPSA) is 46.6 Å². The van der Waals surface area contributed by atoms with E-state index in [1.807, 2.05) is 0 Å². The van der Waals surface area contributed by atoms with Crippen LogP contribution < -0.4 is 9.64 Å². The Hall–Kier alpha value is -3.61. The highest BCUT2D eigenvalue weighted by Crippen LogP contribution is 2.41. The smallest absolute Gasteiger partial charge is 0.420 e. The Morgan fingerprint density at radius 2 is 1.32 bits per heavy atom. The van der Waals surface area contributed by atoms with E-state index in [9.17, 15) is 22.8 Å². The number of para-hydroxylation sites is 1. The molecule has 140 valence electrons. The molecule has 4 rings (SSSR count). The summed E-state index contributed by atoms with van der Waals surface area (Å²) in [6, 6.07) is 17.3. The number of ether oxygens (including phenoxy) is 1. The molecule has 0 spiro atoms. The Bertz CT molecular complexity index is 1040. The van der Waals surface area contributed by atoms with Crippen LogP contribution in [0.15, 0.2) is 72.8 Å². The molecule has 0 N–H and O–H groups in total. The lowest BCUT2D eigenvalue weighted by Gasteiger charge is -2.19. The molecule has 0 unspecified atom stereocenters. The second-order valence-corrected chi connectivity index (χ2v) is 6.08. The molecule has 0 aliphatic carbocycles. The van der Waals surface area contributed by atoms with Gasteiger partial charge in [0.25, 0.3) is 11.8 Å². The third kappa shape index (κ3) is 3.00. The minimum atomic E-state index is -4.74. The van der Waals surface area contributed by atoms with E-state index in [1.54, 1.807) is 30.3 Å². The van der Waals surface area contributed by atoms with Gasteiger partial charge in [-0.25, -0.2) is 4.90 Å². The Morgan fingerprint density at radius 1 is 0.750 bits per heavy atom. The summed E-state index contributed by atoms with van der Waals surface area (Å²) in [7, 11) is 0. The van der Waals surface area contributed by atoms with Crippen molar-refractivity contribution in [2.75, 3.05) is 4.90 Å². The molecule has 0 saturated heterocycles. The molecule has 4 nitrogen and oxygen atoms in total. The molecule has 3 aromatic carbocycles. The number of amides is 2. The van der Waals surface area contributed by atoms with Crippen molar-refractivity contribution in [3.8, 4) is 11.5 Å². The van der Waals surface area contributed by atoms with Crippen molar-refractivity contribution in [3.63, 3.8) is 0 Å². The molecule has 0 atom stereocenters. The predicted octanol–water partition coefficient (Wildman–Crippen LogP) is 5.30. The standard InChI is InChI=1S/C21H12F3NO3/c22-21(23,24)17-12-13(10-11-18(17)28-14-6-2-1-3-7-14)25-19(26)15-8-4-5-9-16(15)20(25)27/h1-12H. The summed E-state index contributed by atoms with van der Waals surface area (Å²) in [6.07, 6.45) is -4.74. The molecule has 0 radical (unpaired) electrons. The van der Waals surface area contributed by atoms with Crippen molar-refractivity contribution in [1.82, 2.24) is 0 Å². The van der Waals surface area contributed by atoms with Crippen molar-refractivity contribution >= 4 is 17.5 Å². The Morgan fingerprint density at radius 3 is 1.89 bits per heavy atom. The molecule has 0 bridgehead atoms. The molecule has 0 fully saturated rings. The lowest BCUT2D eigenvalue weighted by molar-refractivity contribution is -0.138. The first-order chi connectivity index (χ1) is 13.4. The molecular weight excluding hydrogens is 371 g/mol. The van der Waals surface area contributed by atoms with Crippen LogP contribution in [0.25, 0.3) is 0 Å². The van der Waals surface area contributed by atoms with E-state index >= 15 is 0 Å². The summed E-state index contributed by atoms with van der Waals surface area (Å²) < 4.78 is 46.2. The number of fused-ring (bicyclic) bond motifs is 1. The fourth-order valence-electron chi connectivity index (χ4n) is 3.01. The van der Waals surface area contributed by atoms with Gasteiger partial charge < -0.3 is 4.74 Å². The maximum absolute atomic E-state index is 13.6. The number of halogens is 3. The number of anilines is 1. The van der Waals surface area contributed by atoms with Crippen LogP contribution in [0.4, 0.5) is 18.9 Å². The highest BCUT2D eigenvalue weighted by atomic mass is 19.4. The lowest BCUT2D eigenvalue weighted by atomic mass is 10.1. The molecule has 0 aromatic heterocycles. The largest absolute Gasteiger partial charge is 0.457 e. The number of hydrogen-bond donors (Lipinski definition) is 0. The van der Waals surface area contributed by atoms with Gasteiger partial charge in [-0.1, -0.05) is 30.3 Å². The van der Waals surface area contributed by atoms with Gasteiger partial charge in [-0.15, -0.1) is 0 Å². The second-order valence-electron chi connectivity index (χ2n) is 6.08. The third-order valence-electron chi connectivity index (χ3n) is 4.29. The Kier molecular flexibility index (Phi) is 4.15. The Labute approximate surface area is 157 Å². The van der Waals surface area contributed by atoms with Crippen LogP contribution in [0.1, 0.15) is 26.3 Å². The van der Waals surface area contributed by atoms with Crippen molar-refractivity contribution in [2.24, 2.45) is 0 Å². The van der Waals surface area contributed by atoms with Crippen LogP contribution in [0.5, 0.6) is 11.5 Å². The number of nitrogens with zero attached hydrogens (tertiary/aromatic N) is 1. The molecule has 28 heavy (non-hydrogen) atoms. The minimum absolute atomic E-state index is 0.158. The maximum Gasteiger partial charge on any atom is 0.420 e.